The molecule has 2 aliphatic rings. The Bertz CT molecular complexity index is 694. The Hall–Kier alpha value is -1.74. The first-order valence-corrected chi connectivity index (χ1v) is 9.61. The zero-order valence-electron chi connectivity index (χ0n) is 14.0. The Morgan fingerprint density at radius 3 is 2.58 bits per heavy atom. The van der Waals surface area contributed by atoms with Crippen LogP contribution in [0.4, 0.5) is 5.95 Å². The maximum Gasteiger partial charge on any atom is 0.237 e. The lowest BCUT2D eigenvalue weighted by atomic mass is 10.0. The molecule has 1 aromatic heterocycles. The molecule has 2 atom stereocenters. The summed E-state index contributed by atoms with van der Waals surface area (Å²) in [5, 5.41) is -0.416. The third-order valence-corrected chi connectivity index (χ3v) is 7.19. The summed E-state index contributed by atoms with van der Waals surface area (Å²) in [5.74, 6) is 0.516. The highest BCUT2D eigenvalue weighted by molar-refractivity contribution is 7.90. The Balaban J connectivity index is 1.72. The molecule has 0 bridgehead atoms. The number of carbonyl (C=O) groups excluding carboxylic acids is 1. The molecule has 1 amide bonds. The fourth-order valence-electron chi connectivity index (χ4n) is 3.40. The van der Waals surface area contributed by atoms with E-state index < -0.39 is 15.3 Å². The lowest BCUT2D eigenvalue weighted by Crippen LogP contribution is -2.39. The molecular weight excluding hydrogens is 330 g/mol. The lowest BCUT2D eigenvalue weighted by molar-refractivity contribution is -0.128. The number of likely N-dealkylation sites (N-methyl/N-ethyl adjacent to an activating group) is 1. The van der Waals surface area contributed by atoms with Crippen molar-refractivity contribution in [2.24, 2.45) is 5.92 Å². The predicted molar refractivity (Wildman–Crippen MR) is 89.9 cm³/mol. The Morgan fingerprint density at radius 2 is 1.92 bits per heavy atom. The summed E-state index contributed by atoms with van der Waals surface area (Å²) in [6.45, 7) is 1.71. The van der Waals surface area contributed by atoms with E-state index >= 15 is 0 Å². The average molecular weight is 353 g/mol. The number of amides is 1. The van der Waals surface area contributed by atoms with Crippen molar-refractivity contribution >= 4 is 21.9 Å². The van der Waals surface area contributed by atoms with Gasteiger partial charge in [0.2, 0.25) is 21.9 Å². The number of nitrogens with zero attached hydrogens (tertiary/aromatic N) is 5. The van der Waals surface area contributed by atoms with Crippen LogP contribution in [0.2, 0.25) is 0 Å². The molecule has 0 unspecified atom stereocenters. The maximum absolute atomic E-state index is 12.8. The van der Waals surface area contributed by atoms with E-state index in [1.807, 2.05) is 4.90 Å². The number of hydrogen-bond donors (Lipinski definition) is 0. The zero-order chi connectivity index (χ0) is 17.3. The Labute approximate surface area is 142 Å². The van der Waals surface area contributed by atoms with Crippen molar-refractivity contribution in [3.05, 3.63) is 18.5 Å². The number of hydrogen-bond acceptors (Lipinski definition) is 6. The van der Waals surface area contributed by atoms with Crippen molar-refractivity contribution in [3.63, 3.8) is 0 Å². The molecule has 2 aliphatic heterocycles. The second kappa shape index (κ2) is 6.64. The molecule has 9 heteroatoms. The van der Waals surface area contributed by atoms with Gasteiger partial charge in [0.05, 0.1) is 11.8 Å². The topological polar surface area (TPSA) is 86.7 Å². The van der Waals surface area contributed by atoms with Crippen LogP contribution in [0.3, 0.4) is 0 Å². The lowest BCUT2D eigenvalue weighted by Gasteiger charge is -2.22. The highest BCUT2D eigenvalue weighted by Crippen LogP contribution is 2.34. The number of fused-ring (bicyclic) bond motifs is 1. The molecule has 0 aromatic carbocycles. The van der Waals surface area contributed by atoms with Gasteiger partial charge < -0.3 is 9.80 Å². The first kappa shape index (κ1) is 17.1. The number of rotatable bonds is 3. The van der Waals surface area contributed by atoms with E-state index in [0.717, 1.165) is 13.0 Å². The molecule has 2 saturated heterocycles. The fourth-order valence-corrected chi connectivity index (χ4v) is 5.58. The molecule has 1 aromatic rings. The van der Waals surface area contributed by atoms with Crippen molar-refractivity contribution in [3.8, 4) is 0 Å². The first-order chi connectivity index (χ1) is 11.4. The summed E-state index contributed by atoms with van der Waals surface area (Å²) >= 11 is 0. The summed E-state index contributed by atoms with van der Waals surface area (Å²) in [6.07, 6.45) is 4.69. The van der Waals surface area contributed by atoms with Gasteiger partial charge in [-0.2, -0.15) is 4.31 Å². The van der Waals surface area contributed by atoms with Crippen molar-refractivity contribution in [1.29, 1.82) is 0 Å². The molecule has 0 aliphatic carbocycles. The van der Waals surface area contributed by atoms with Gasteiger partial charge >= 0.3 is 0 Å². The van der Waals surface area contributed by atoms with Crippen molar-refractivity contribution in [1.82, 2.24) is 19.2 Å². The molecule has 8 nitrogen and oxygen atoms in total. The van der Waals surface area contributed by atoms with Crippen LogP contribution < -0.4 is 4.90 Å². The van der Waals surface area contributed by atoms with Crippen LogP contribution in [-0.4, -0.2) is 79.0 Å². The van der Waals surface area contributed by atoms with Gasteiger partial charge in [-0.05, 0) is 24.8 Å². The van der Waals surface area contributed by atoms with E-state index in [2.05, 4.69) is 9.97 Å². The zero-order valence-corrected chi connectivity index (χ0v) is 14.8. The van der Waals surface area contributed by atoms with Gasteiger partial charge in [-0.25, -0.2) is 18.4 Å². The normalized spacial score (nSPS) is 26.7. The van der Waals surface area contributed by atoms with Gasteiger partial charge in [-0.15, -0.1) is 0 Å². The van der Waals surface area contributed by atoms with Crippen LogP contribution in [-0.2, 0) is 14.8 Å². The third-order valence-electron chi connectivity index (χ3n) is 4.81. The molecule has 0 saturated carbocycles. The Morgan fingerprint density at radius 1 is 1.25 bits per heavy atom. The van der Waals surface area contributed by atoms with Crippen LogP contribution >= 0.6 is 0 Å². The summed E-state index contributed by atoms with van der Waals surface area (Å²) in [7, 11) is -0.148. The molecule has 24 heavy (non-hydrogen) atoms. The smallest absolute Gasteiger partial charge is 0.237 e. The van der Waals surface area contributed by atoms with Gasteiger partial charge in [-0.3, -0.25) is 4.79 Å². The molecule has 0 spiro atoms. The first-order valence-electron chi connectivity index (χ1n) is 8.10. The minimum atomic E-state index is -3.43. The maximum atomic E-state index is 12.8. The molecule has 132 valence electrons. The molecule has 3 rings (SSSR count). The predicted octanol–water partition coefficient (Wildman–Crippen LogP) is -0.205. The van der Waals surface area contributed by atoms with Crippen molar-refractivity contribution in [2.45, 2.75) is 18.1 Å². The van der Waals surface area contributed by atoms with E-state index in [9.17, 15) is 13.2 Å². The molecule has 0 N–H and O–H groups in total. The van der Waals surface area contributed by atoms with E-state index in [0.29, 0.717) is 25.5 Å². The second-order valence-corrected chi connectivity index (χ2v) is 8.69. The summed E-state index contributed by atoms with van der Waals surface area (Å²) in [4.78, 5) is 23.9. The summed E-state index contributed by atoms with van der Waals surface area (Å²) in [5.41, 5.74) is 0. The van der Waals surface area contributed by atoms with E-state index in [-0.39, 0.29) is 18.4 Å². The SMILES string of the molecule is CN(C)C(=O)CN1C[C@@H]2CCN(c3ncccn3)CC[C@@H]2S1(=O)=O. The van der Waals surface area contributed by atoms with Crippen LogP contribution in [0.25, 0.3) is 0 Å². The second-order valence-electron chi connectivity index (χ2n) is 6.54. The molecule has 0 radical (unpaired) electrons. The standard InChI is InChI=1S/C15H23N5O3S/c1-18(2)14(21)11-20-10-12-4-8-19(15-16-6-3-7-17-15)9-5-13(12)24(20,22)23/h3,6-7,12-13H,4-5,8-11H2,1-2H3/t12-,13-/m0/s1. The average Bonchev–Trinajstić information content (AvgIpc) is 2.70. The van der Waals surface area contributed by atoms with E-state index in [4.69, 9.17) is 0 Å². The van der Waals surface area contributed by atoms with Gasteiger partial charge in [0.1, 0.15) is 0 Å². The molecule has 3 heterocycles. The minimum absolute atomic E-state index is 0.0543. The number of carbonyl (C=O) groups is 1. The van der Waals surface area contributed by atoms with Gasteiger partial charge in [0.25, 0.3) is 0 Å². The van der Waals surface area contributed by atoms with Gasteiger partial charge in [0.15, 0.2) is 0 Å². The number of anilines is 1. The molecular formula is C15H23N5O3S. The Kier molecular flexibility index (Phi) is 4.73. The van der Waals surface area contributed by atoms with Crippen LogP contribution in [0.1, 0.15) is 12.8 Å². The van der Waals surface area contributed by atoms with Crippen molar-refractivity contribution in [2.75, 3.05) is 45.2 Å². The van der Waals surface area contributed by atoms with Crippen LogP contribution in [0, 0.1) is 5.92 Å². The van der Waals surface area contributed by atoms with Gasteiger partial charge in [0, 0.05) is 46.1 Å². The number of aromatic nitrogens is 2. The summed E-state index contributed by atoms with van der Waals surface area (Å²) in [6, 6.07) is 1.76. The monoisotopic (exact) mass is 353 g/mol. The quantitative estimate of drug-likeness (QED) is 0.748. The highest BCUT2D eigenvalue weighted by Gasteiger charge is 2.47. The third kappa shape index (κ3) is 3.23. The van der Waals surface area contributed by atoms with E-state index in [1.54, 1.807) is 32.6 Å². The summed E-state index contributed by atoms with van der Waals surface area (Å²) < 4.78 is 26.9. The minimum Gasteiger partial charge on any atom is -0.348 e. The fraction of sp³-hybridized carbons (Fsp3) is 0.667. The van der Waals surface area contributed by atoms with E-state index in [1.165, 1.54) is 9.21 Å². The van der Waals surface area contributed by atoms with Crippen LogP contribution in [0.5, 0.6) is 0 Å². The largest absolute Gasteiger partial charge is 0.348 e. The van der Waals surface area contributed by atoms with Crippen LogP contribution in [0.15, 0.2) is 18.5 Å². The van der Waals surface area contributed by atoms with Gasteiger partial charge in [-0.1, -0.05) is 0 Å². The number of sulfonamides is 1. The molecule has 2 fully saturated rings. The highest BCUT2D eigenvalue weighted by atomic mass is 32.2. The van der Waals surface area contributed by atoms with Crippen molar-refractivity contribution < 1.29 is 13.2 Å².